The van der Waals surface area contributed by atoms with Gasteiger partial charge in [-0.25, -0.2) is 0 Å². The second-order valence-corrected chi connectivity index (χ2v) is 8.13. The van der Waals surface area contributed by atoms with Gasteiger partial charge in [-0.3, -0.25) is 4.79 Å². The fourth-order valence-electron chi connectivity index (χ4n) is 5.11. The van der Waals surface area contributed by atoms with Crippen LogP contribution in [0.5, 0.6) is 0 Å². The molecule has 0 atom stereocenters. The topological polar surface area (TPSA) is 37.3 Å². The lowest BCUT2D eigenvalue weighted by atomic mass is 9.83. The van der Waals surface area contributed by atoms with Gasteiger partial charge in [0.25, 0.3) is 0 Å². The third kappa shape index (κ3) is 2.22. The Hall–Kier alpha value is -3.65. The van der Waals surface area contributed by atoms with Crippen molar-refractivity contribution in [3.8, 4) is 0 Å². The maximum Gasteiger partial charge on any atom is 0.303 e. The van der Waals surface area contributed by atoms with E-state index in [1.165, 1.54) is 64.6 Å². The van der Waals surface area contributed by atoms with Gasteiger partial charge < -0.3 is 5.11 Å². The summed E-state index contributed by atoms with van der Waals surface area (Å²) in [5, 5.41) is 24.6. The number of carboxylic acids is 1. The van der Waals surface area contributed by atoms with E-state index < -0.39 is 5.97 Å². The normalized spacial score (nSPS) is 12.0. The highest BCUT2D eigenvalue weighted by Gasteiger charge is 2.19. The van der Waals surface area contributed by atoms with Crippen LogP contribution in [-0.4, -0.2) is 11.1 Å². The van der Waals surface area contributed by atoms with E-state index in [1.54, 1.807) is 0 Å². The van der Waals surface area contributed by atoms with Gasteiger partial charge in [-0.1, -0.05) is 79.7 Å². The SMILES string of the molecule is CCCC(=O)O.c1cc2ccc3ccc4ccc5ccc6ccc1c1c2c3c4c5c61. The first kappa shape index (κ1) is 17.2. The van der Waals surface area contributed by atoms with Crippen LogP contribution >= 0.6 is 0 Å². The molecule has 2 heteroatoms. The Morgan fingerprint density at radius 1 is 0.533 bits per heavy atom. The Labute approximate surface area is 173 Å². The second-order valence-electron chi connectivity index (χ2n) is 8.13. The summed E-state index contributed by atoms with van der Waals surface area (Å²) in [5.41, 5.74) is 0. The van der Waals surface area contributed by atoms with Crippen molar-refractivity contribution >= 4 is 70.6 Å². The Morgan fingerprint density at radius 3 is 0.833 bits per heavy atom. The maximum atomic E-state index is 9.60. The van der Waals surface area contributed by atoms with Crippen LogP contribution in [-0.2, 0) is 4.79 Å². The molecule has 0 heterocycles. The molecule has 0 fully saturated rings. The number of hydrogen-bond donors (Lipinski definition) is 1. The van der Waals surface area contributed by atoms with Crippen molar-refractivity contribution in [2.24, 2.45) is 0 Å². The number of aliphatic carboxylic acids is 1. The zero-order valence-electron chi connectivity index (χ0n) is 16.7. The minimum atomic E-state index is -0.711. The summed E-state index contributed by atoms with van der Waals surface area (Å²) in [5.74, 6) is -0.711. The molecule has 0 unspecified atom stereocenters. The number of carbonyl (C=O) groups is 1. The van der Waals surface area contributed by atoms with Crippen molar-refractivity contribution in [2.45, 2.75) is 19.8 Å². The average molecular weight is 388 g/mol. The molecule has 7 rings (SSSR count). The van der Waals surface area contributed by atoms with E-state index in [4.69, 9.17) is 5.11 Å². The largest absolute Gasteiger partial charge is 0.481 e. The zero-order chi connectivity index (χ0) is 20.4. The van der Waals surface area contributed by atoms with Gasteiger partial charge in [0, 0.05) is 6.42 Å². The Morgan fingerprint density at radius 2 is 0.733 bits per heavy atom. The minimum absolute atomic E-state index is 0.292. The first-order chi connectivity index (χ1) is 14.7. The van der Waals surface area contributed by atoms with E-state index in [0.717, 1.165) is 6.42 Å². The van der Waals surface area contributed by atoms with Gasteiger partial charge in [-0.15, -0.1) is 0 Å². The van der Waals surface area contributed by atoms with E-state index in [2.05, 4.69) is 72.8 Å². The highest BCUT2D eigenvalue weighted by atomic mass is 16.4. The Kier molecular flexibility index (Phi) is 3.54. The highest BCUT2D eigenvalue weighted by Crippen LogP contribution is 2.47. The van der Waals surface area contributed by atoms with Crippen LogP contribution in [0.1, 0.15) is 19.8 Å². The monoisotopic (exact) mass is 388 g/mol. The zero-order valence-corrected chi connectivity index (χ0v) is 16.7. The summed E-state index contributed by atoms with van der Waals surface area (Å²) >= 11 is 0. The van der Waals surface area contributed by atoms with E-state index in [0.29, 0.717) is 6.42 Å². The van der Waals surface area contributed by atoms with E-state index in [-0.39, 0.29) is 0 Å². The molecular weight excluding hydrogens is 368 g/mol. The molecule has 30 heavy (non-hydrogen) atoms. The summed E-state index contributed by atoms with van der Waals surface area (Å²) in [4.78, 5) is 9.60. The molecule has 0 aromatic heterocycles. The fraction of sp³-hybridized carbons (Fsp3) is 0.107. The molecule has 0 saturated carbocycles. The van der Waals surface area contributed by atoms with Gasteiger partial charge in [-0.2, -0.15) is 0 Å². The first-order valence-electron chi connectivity index (χ1n) is 10.5. The summed E-state index contributed by atoms with van der Waals surface area (Å²) in [6.45, 7) is 1.84. The van der Waals surface area contributed by atoms with Gasteiger partial charge >= 0.3 is 5.97 Å². The van der Waals surface area contributed by atoms with Crippen LogP contribution in [0.25, 0.3) is 64.6 Å². The van der Waals surface area contributed by atoms with E-state index >= 15 is 0 Å². The Bertz CT molecular complexity index is 1280. The molecule has 144 valence electrons. The lowest BCUT2D eigenvalue weighted by Gasteiger charge is -2.20. The number of hydrogen-bond acceptors (Lipinski definition) is 1. The molecule has 7 aromatic carbocycles. The van der Waals surface area contributed by atoms with Crippen LogP contribution in [0.15, 0.2) is 72.8 Å². The van der Waals surface area contributed by atoms with Crippen LogP contribution in [0, 0.1) is 0 Å². The van der Waals surface area contributed by atoms with Crippen molar-refractivity contribution in [1.29, 1.82) is 0 Å². The van der Waals surface area contributed by atoms with Crippen molar-refractivity contribution in [3.05, 3.63) is 72.8 Å². The summed E-state index contributed by atoms with van der Waals surface area (Å²) in [6.07, 6.45) is 1.02. The third-order valence-electron chi connectivity index (χ3n) is 6.35. The molecular formula is C28H20O2. The number of rotatable bonds is 2. The molecule has 0 aliphatic rings. The summed E-state index contributed by atoms with van der Waals surface area (Å²) in [6, 6.07) is 27.3. The molecule has 0 bridgehead atoms. The van der Waals surface area contributed by atoms with Crippen molar-refractivity contribution in [1.82, 2.24) is 0 Å². The molecule has 0 radical (unpaired) electrons. The second kappa shape index (κ2) is 6.17. The van der Waals surface area contributed by atoms with E-state index in [9.17, 15) is 4.79 Å². The predicted octanol–water partition coefficient (Wildman–Crippen LogP) is 7.79. The third-order valence-corrected chi connectivity index (χ3v) is 6.35. The van der Waals surface area contributed by atoms with Crippen molar-refractivity contribution in [3.63, 3.8) is 0 Å². The van der Waals surface area contributed by atoms with Gasteiger partial charge in [0.05, 0.1) is 0 Å². The standard InChI is InChI=1S/C24H12.C4H8O2/c1-2-14-5-6-16-9-11-18-12-10-17-8-7-15-4-3-13(1)19-20(14)22(16)24(18)23(17)21(15)19;1-2-3-4(5)6/h1-12H;2-3H2,1H3,(H,5,6). The van der Waals surface area contributed by atoms with E-state index in [1.807, 2.05) is 6.92 Å². The van der Waals surface area contributed by atoms with Crippen LogP contribution in [0.3, 0.4) is 0 Å². The van der Waals surface area contributed by atoms with Gasteiger partial charge in [0.15, 0.2) is 0 Å². The van der Waals surface area contributed by atoms with Crippen LogP contribution < -0.4 is 0 Å². The molecule has 0 spiro atoms. The minimum Gasteiger partial charge on any atom is -0.481 e. The average Bonchev–Trinajstić information content (AvgIpc) is 2.77. The van der Waals surface area contributed by atoms with Crippen LogP contribution in [0.4, 0.5) is 0 Å². The molecule has 0 aliphatic heterocycles. The summed E-state index contributed by atoms with van der Waals surface area (Å²) < 4.78 is 0. The molecule has 7 aromatic rings. The van der Waals surface area contributed by atoms with Gasteiger partial charge in [0.2, 0.25) is 0 Å². The summed E-state index contributed by atoms with van der Waals surface area (Å²) in [7, 11) is 0. The fourth-order valence-corrected chi connectivity index (χ4v) is 5.11. The van der Waals surface area contributed by atoms with Crippen molar-refractivity contribution < 1.29 is 9.90 Å². The molecule has 2 nitrogen and oxygen atoms in total. The predicted molar refractivity (Wildman–Crippen MR) is 128 cm³/mol. The smallest absolute Gasteiger partial charge is 0.303 e. The van der Waals surface area contributed by atoms with Gasteiger partial charge in [-0.05, 0) is 71.1 Å². The quantitative estimate of drug-likeness (QED) is 0.242. The number of carboxylic acid groups (broad SMARTS) is 1. The molecule has 0 amide bonds. The number of benzene rings is 7. The molecule has 1 N–H and O–H groups in total. The van der Waals surface area contributed by atoms with Gasteiger partial charge in [0.1, 0.15) is 0 Å². The Balaban J connectivity index is 0.000000260. The maximum absolute atomic E-state index is 9.60. The molecule has 0 saturated heterocycles. The van der Waals surface area contributed by atoms with Crippen LogP contribution in [0.2, 0.25) is 0 Å². The first-order valence-corrected chi connectivity index (χ1v) is 10.5. The van der Waals surface area contributed by atoms with Crippen molar-refractivity contribution in [2.75, 3.05) is 0 Å². The lowest BCUT2D eigenvalue weighted by Crippen LogP contribution is -1.91. The lowest BCUT2D eigenvalue weighted by molar-refractivity contribution is -0.137. The highest BCUT2D eigenvalue weighted by molar-refractivity contribution is 6.44. The molecule has 0 aliphatic carbocycles.